The highest BCUT2D eigenvalue weighted by Gasteiger charge is 2.15. The van der Waals surface area contributed by atoms with Crippen molar-refractivity contribution in [1.29, 1.82) is 0 Å². The van der Waals surface area contributed by atoms with Crippen LogP contribution in [0.5, 0.6) is 0 Å². The number of anilines is 4. The molecule has 4 rings (SSSR count). The average Bonchev–Trinajstić information content (AvgIpc) is 3.16. The number of nitrogens with two attached hydrogens (primary N) is 1. The number of hydrogen-bond acceptors (Lipinski definition) is 7. The summed E-state index contributed by atoms with van der Waals surface area (Å²) in [7, 11) is 4.05. The van der Waals surface area contributed by atoms with Crippen LogP contribution < -0.4 is 21.7 Å². The number of carbonyl (C=O) groups excluding carboxylic acids is 1. The predicted molar refractivity (Wildman–Crippen MR) is 128 cm³/mol. The van der Waals surface area contributed by atoms with Crippen LogP contribution in [0.25, 0.3) is 5.57 Å². The van der Waals surface area contributed by atoms with E-state index in [9.17, 15) is 4.79 Å². The van der Waals surface area contributed by atoms with Gasteiger partial charge in [0.25, 0.3) is 0 Å². The molecule has 0 atom stereocenters. The molecule has 0 spiro atoms. The molecule has 0 bridgehead atoms. The molecule has 32 heavy (non-hydrogen) atoms. The summed E-state index contributed by atoms with van der Waals surface area (Å²) in [4.78, 5) is 18.9. The summed E-state index contributed by atoms with van der Waals surface area (Å²) in [6.07, 6.45) is 4.21. The van der Waals surface area contributed by atoms with Gasteiger partial charge in [0, 0.05) is 30.7 Å². The molecule has 9 nitrogen and oxygen atoms in total. The summed E-state index contributed by atoms with van der Waals surface area (Å²) in [6, 6.07) is 15.2. The Morgan fingerprint density at radius 2 is 1.84 bits per heavy atom. The zero-order chi connectivity index (χ0) is 22.5. The van der Waals surface area contributed by atoms with Gasteiger partial charge < -0.3 is 26.6 Å². The van der Waals surface area contributed by atoms with E-state index >= 15 is 0 Å². The van der Waals surface area contributed by atoms with Crippen LogP contribution in [-0.2, 0) is 6.54 Å². The number of hydrogen-bond donors (Lipinski definition) is 4. The molecule has 2 heterocycles. The van der Waals surface area contributed by atoms with Gasteiger partial charge in [-0.2, -0.15) is 4.98 Å². The third-order valence-electron chi connectivity index (χ3n) is 5.08. The Balaban J connectivity index is 1.39. The number of allylic oxidation sites excluding steroid dienone is 1. The van der Waals surface area contributed by atoms with Gasteiger partial charge in [-0.1, -0.05) is 24.3 Å². The first-order chi connectivity index (χ1) is 15.5. The lowest BCUT2D eigenvalue weighted by Crippen LogP contribution is -2.22. The largest absolute Gasteiger partial charge is 0.391 e. The van der Waals surface area contributed by atoms with Gasteiger partial charge in [-0.25, -0.2) is 4.79 Å². The number of nitrogens with zero attached hydrogens (tertiary/aromatic N) is 4. The molecule has 0 fully saturated rings. The minimum absolute atomic E-state index is 0.00397. The summed E-state index contributed by atoms with van der Waals surface area (Å²) < 4.78 is 1.05. The number of amides is 1. The molecule has 9 heteroatoms. The topological polar surface area (TPSA) is 113 Å². The van der Waals surface area contributed by atoms with E-state index in [0.29, 0.717) is 5.69 Å². The van der Waals surface area contributed by atoms with E-state index in [1.54, 1.807) is 0 Å². The normalized spacial score (nSPS) is 13.4. The monoisotopic (exact) mass is 432 g/mol. The summed E-state index contributed by atoms with van der Waals surface area (Å²) in [5.74, 6) is 0.259. The molecule has 0 saturated carbocycles. The van der Waals surface area contributed by atoms with Gasteiger partial charge in [-0.15, -0.1) is 9.78 Å². The second kappa shape index (κ2) is 9.52. The second-order valence-electron chi connectivity index (χ2n) is 8.00. The van der Waals surface area contributed by atoms with Crippen molar-refractivity contribution in [2.75, 3.05) is 37.0 Å². The lowest BCUT2D eigenvalue weighted by molar-refractivity contribution is 0.251. The van der Waals surface area contributed by atoms with Gasteiger partial charge in [0.15, 0.2) is 0 Å². The van der Waals surface area contributed by atoms with Crippen molar-refractivity contribution in [2.45, 2.75) is 19.4 Å². The van der Waals surface area contributed by atoms with Crippen LogP contribution in [0.15, 0.2) is 54.7 Å². The number of benzene rings is 2. The molecule has 1 aliphatic rings. The third-order valence-corrected chi connectivity index (χ3v) is 5.08. The number of aromatic nitrogens is 3. The molecular formula is C23H28N8O. The number of rotatable bonds is 6. The zero-order valence-electron chi connectivity index (χ0n) is 18.3. The average molecular weight is 433 g/mol. The van der Waals surface area contributed by atoms with Gasteiger partial charge in [0.2, 0.25) is 11.9 Å². The third kappa shape index (κ3) is 5.25. The first-order valence-electron chi connectivity index (χ1n) is 10.6. The molecule has 166 valence electrons. The maximum absolute atomic E-state index is 12.7. The van der Waals surface area contributed by atoms with E-state index in [0.717, 1.165) is 41.9 Å². The maximum Gasteiger partial charge on any atom is 0.349 e. The quantitative estimate of drug-likeness (QED) is 0.472. The fraction of sp³-hybridized carbons (Fsp3) is 0.261. The highest BCUT2D eigenvalue weighted by molar-refractivity contribution is 5.92. The summed E-state index contributed by atoms with van der Waals surface area (Å²) >= 11 is 0. The Hall–Kier alpha value is -3.85. The van der Waals surface area contributed by atoms with Crippen LogP contribution >= 0.6 is 0 Å². The van der Waals surface area contributed by atoms with E-state index in [1.165, 1.54) is 11.1 Å². The lowest BCUT2D eigenvalue weighted by atomic mass is 10.00. The Labute approximate surface area is 187 Å². The van der Waals surface area contributed by atoms with E-state index < -0.39 is 6.03 Å². The smallest absolute Gasteiger partial charge is 0.349 e. The number of nitrogens with one attached hydrogen (secondary N) is 3. The van der Waals surface area contributed by atoms with E-state index in [4.69, 9.17) is 5.73 Å². The lowest BCUT2D eigenvalue weighted by Gasteiger charge is -2.14. The molecule has 2 aromatic carbocycles. The molecule has 0 radical (unpaired) electrons. The molecule has 0 aliphatic carbocycles. The van der Waals surface area contributed by atoms with Crippen LogP contribution in [0.3, 0.4) is 0 Å². The maximum atomic E-state index is 12.7. The molecular weight excluding hydrogens is 404 g/mol. The van der Waals surface area contributed by atoms with Crippen LogP contribution in [0, 0.1) is 0 Å². The van der Waals surface area contributed by atoms with Gasteiger partial charge in [-0.05, 0) is 67.9 Å². The van der Waals surface area contributed by atoms with E-state index in [2.05, 4.69) is 37.1 Å². The fourth-order valence-electron chi connectivity index (χ4n) is 3.53. The molecule has 1 amide bonds. The molecule has 1 aliphatic heterocycles. The molecule has 5 N–H and O–H groups in total. The van der Waals surface area contributed by atoms with Crippen LogP contribution in [-0.4, -0.2) is 46.3 Å². The van der Waals surface area contributed by atoms with E-state index in [1.807, 2.05) is 62.6 Å². The molecule has 0 saturated heterocycles. The first kappa shape index (κ1) is 21.4. The molecule has 1 aromatic heterocycles. The first-order valence-corrected chi connectivity index (χ1v) is 10.6. The van der Waals surface area contributed by atoms with Crippen molar-refractivity contribution in [3.05, 3.63) is 65.9 Å². The molecule has 3 aromatic rings. The van der Waals surface area contributed by atoms with E-state index in [-0.39, 0.29) is 11.9 Å². The fourth-order valence-corrected chi connectivity index (χ4v) is 3.53. The Morgan fingerprint density at radius 1 is 1.12 bits per heavy atom. The zero-order valence-corrected chi connectivity index (χ0v) is 18.3. The highest BCUT2D eigenvalue weighted by atomic mass is 16.2. The van der Waals surface area contributed by atoms with Crippen molar-refractivity contribution >= 4 is 34.9 Å². The highest BCUT2D eigenvalue weighted by Crippen LogP contribution is 2.23. The Kier molecular flexibility index (Phi) is 6.37. The van der Waals surface area contributed by atoms with Crippen molar-refractivity contribution in [3.8, 4) is 0 Å². The SMILES string of the molecule is CN(C)Cc1ccc(Nc2nc(N)n(C(=O)Nc3ccc(C4=CNCCC4)cc3)n2)cc1. The minimum Gasteiger partial charge on any atom is -0.391 e. The van der Waals surface area contributed by atoms with Crippen LogP contribution in [0.4, 0.5) is 28.1 Å². The van der Waals surface area contributed by atoms with Crippen molar-refractivity contribution in [3.63, 3.8) is 0 Å². The van der Waals surface area contributed by atoms with Crippen molar-refractivity contribution < 1.29 is 4.79 Å². The van der Waals surface area contributed by atoms with Crippen LogP contribution in [0.1, 0.15) is 24.0 Å². The van der Waals surface area contributed by atoms with Crippen molar-refractivity contribution in [1.82, 2.24) is 25.0 Å². The number of nitrogen functional groups attached to an aromatic ring is 1. The molecule has 0 unspecified atom stereocenters. The van der Waals surface area contributed by atoms with Crippen LogP contribution in [0.2, 0.25) is 0 Å². The van der Waals surface area contributed by atoms with Gasteiger partial charge in [0.05, 0.1) is 0 Å². The minimum atomic E-state index is -0.476. The van der Waals surface area contributed by atoms with Gasteiger partial charge >= 0.3 is 6.03 Å². The van der Waals surface area contributed by atoms with Gasteiger partial charge in [-0.3, -0.25) is 0 Å². The number of carbonyl (C=O) groups is 1. The Bertz CT molecular complexity index is 1100. The second-order valence-corrected chi connectivity index (χ2v) is 8.00. The summed E-state index contributed by atoms with van der Waals surface area (Å²) in [6.45, 7) is 1.87. The van der Waals surface area contributed by atoms with Gasteiger partial charge in [0.1, 0.15) is 0 Å². The standard InChI is InChI=1S/C23H28N8O/c1-30(2)15-16-5-9-19(10-6-16)26-22-28-21(24)31(29-22)23(32)27-20-11-7-17(8-12-20)18-4-3-13-25-14-18/h5-12,14,25H,3-4,13,15H2,1-2H3,(H,27,32)(H3,24,26,28,29). The predicted octanol–water partition coefficient (Wildman–Crippen LogP) is 3.47. The summed E-state index contributed by atoms with van der Waals surface area (Å²) in [5.41, 5.74) is 11.0. The summed E-state index contributed by atoms with van der Waals surface area (Å²) in [5, 5.41) is 13.3. The van der Waals surface area contributed by atoms with Crippen molar-refractivity contribution in [2.24, 2.45) is 0 Å². The Morgan fingerprint density at radius 3 is 2.50 bits per heavy atom.